The molecule has 0 unspecified atom stereocenters. The molecule has 0 radical (unpaired) electrons. The van der Waals surface area contributed by atoms with E-state index in [0.29, 0.717) is 28.8 Å². The molecule has 2 aromatic rings. The molecule has 1 heterocycles. The molecule has 3 nitrogen and oxygen atoms in total. The minimum atomic E-state index is -0.349. The lowest BCUT2D eigenvalue weighted by molar-refractivity contribution is 0.341. The number of nitrogens with zero attached hydrogens (tertiary/aromatic N) is 2. The highest BCUT2D eigenvalue weighted by atomic mass is 35.5. The van der Waals surface area contributed by atoms with E-state index in [-0.39, 0.29) is 5.82 Å². The van der Waals surface area contributed by atoms with Crippen LogP contribution in [0, 0.1) is 5.82 Å². The Morgan fingerprint density at radius 3 is 2.82 bits per heavy atom. The third kappa shape index (κ3) is 2.71. The summed E-state index contributed by atoms with van der Waals surface area (Å²) in [6.45, 7) is 2.36. The Bertz CT molecular complexity index is 534. The Balaban J connectivity index is 2.52. The highest BCUT2D eigenvalue weighted by molar-refractivity contribution is 6.29. The normalized spacial score (nSPS) is 10.3. The predicted molar refractivity (Wildman–Crippen MR) is 63.6 cm³/mol. The van der Waals surface area contributed by atoms with Crippen molar-refractivity contribution in [3.8, 4) is 17.0 Å². The van der Waals surface area contributed by atoms with Crippen molar-refractivity contribution in [2.45, 2.75) is 6.92 Å². The van der Waals surface area contributed by atoms with Gasteiger partial charge in [-0.2, -0.15) is 0 Å². The molecular weight excluding hydrogens is 243 g/mol. The smallest absolute Gasteiger partial charge is 0.133 e. The van der Waals surface area contributed by atoms with Crippen molar-refractivity contribution < 1.29 is 9.13 Å². The van der Waals surface area contributed by atoms with Crippen molar-refractivity contribution in [3.63, 3.8) is 0 Å². The molecule has 0 spiro atoms. The van der Waals surface area contributed by atoms with Gasteiger partial charge in [-0.15, -0.1) is 0 Å². The van der Waals surface area contributed by atoms with Gasteiger partial charge < -0.3 is 4.74 Å². The Morgan fingerprint density at radius 2 is 2.12 bits per heavy atom. The van der Waals surface area contributed by atoms with Gasteiger partial charge >= 0.3 is 0 Å². The van der Waals surface area contributed by atoms with E-state index in [4.69, 9.17) is 16.3 Å². The first kappa shape index (κ1) is 11.8. The fraction of sp³-hybridized carbons (Fsp3) is 0.167. The van der Waals surface area contributed by atoms with Gasteiger partial charge in [0.1, 0.15) is 23.0 Å². The van der Waals surface area contributed by atoms with Gasteiger partial charge in [0.2, 0.25) is 0 Å². The van der Waals surface area contributed by atoms with Gasteiger partial charge in [0.05, 0.1) is 12.3 Å². The van der Waals surface area contributed by atoms with Crippen molar-refractivity contribution in [1.82, 2.24) is 9.97 Å². The SMILES string of the molecule is CCOc1ccc(F)cc1-c1cc(Cl)ncn1. The lowest BCUT2D eigenvalue weighted by atomic mass is 10.1. The first-order chi connectivity index (χ1) is 8.20. The van der Waals surface area contributed by atoms with Crippen LogP contribution in [0.1, 0.15) is 6.92 Å². The van der Waals surface area contributed by atoms with E-state index in [1.165, 1.54) is 18.5 Å². The maximum atomic E-state index is 13.2. The van der Waals surface area contributed by atoms with Gasteiger partial charge in [0.15, 0.2) is 0 Å². The molecule has 0 saturated heterocycles. The standard InChI is InChI=1S/C12H10ClFN2O/c1-2-17-11-4-3-8(14)5-9(11)10-6-12(13)16-7-15-10/h3-7H,2H2,1H3. The third-order valence-corrected chi connectivity index (χ3v) is 2.36. The summed E-state index contributed by atoms with van der Waals surface area (Å²) in [5.41, 5.74) is 1.10. The lowest BCUT2D eigenvalue weighted by Gasteiger charge is -2.09. The summed E-state index contributed by atoms with van der Waals surface area (Å²) in [5.74, 6) is 0.224. The first-order valence-corrected chi connectivity index (χ1v) is 5.48. The van der Waals surface area contributed by atoms with Crippen LogP contribution in [0.2, 0.25) is 5.15 Å². The Hall–Kier alpha value is -1.68. The highest BCUT2D eigenvalue weighted by Gasteiger charge is 2.09. The average molecular weight is 253 g/mol. The topological polar surface area (TPSA) is 35.0 Å². The van der Waals surface area contributed by atoms with Gasteiger partial charge in [-0.05, 0) is 25.1 Å². The quantitative estimate of drug-likeness (QED) is 0.786. The van der Waals surface area contributed by atoms with E-state index in [0.717, 1.165) is 0 Å². The maximum absolute atomic E-state index is 13.2. The molecule has 88 valence electrons. The van der Waals surface area contributed by atoms with Crippen LogP contribution in [-0.4, -0.2) is 16.6 Å². The molecule has 0 aliphatic rings. The van der Waals surface area contributed by atoms with Crippen LogP contribution >= 0.6 is 11.6 Å². The number of aromatic nitrogens is 2. The molecule has 0 aliphatic heterocycles. The number of benzene rings is 1. The van der Waals surface area contributed by atoms with E-state index in [1.807, 2.05) is 6.92 Å². The number of ether oxygens (including phenoxy) is 1. The van der Waals surface area contributed by atoms with Crippen LogP contribution in [0.3, 0.4) is 0 Å². The van der Waals surface area contributed by atoms with Crippen LogP contribution in [0.25, 0.3) is 11.3 Å². The second-order valence-corrected chi connectivity index (χ2v) is 3.69. The number of rotatable bonds is 3. The fourth-order valence-corrected chi connectivity index (χ4v) is 1.61. The molecule has 0 aliphatic carbocycles. The van der Waals surface area contributed by atoms with Crippen LogP contribution in [-0.2, 0) is 0 Å². The molecule has 17 heavy (non-hydrogen) atoms. The predicted octanol–water partition coefficient (Wildman–Crippen LogP) is 3.33. The Morgan fingerprint density at radius 1 is 1.29 bits per heavy atom. The summed E-state index contributed by atoms with van der Waals surface area (Å²) >= 11 is 5.78. The molecule has 0 bridgehead atoms. The molecule has 1 aromatic carbocycles. The second kappa shape index (κ2) is 5.10. The molecule has 2 rings (SSSR count). The highest BCUT2D eigenvalue weighted by Crippen LogP contribution is 2.30. The number of hydrogen-bond donors (Lipinski definition) is 0. The van der Waals surface area contributed by atoms with E-state index in [1.54, 1.807) is 12.1 Å². The first-order valence-electron chi connectivity index (χ1n) is 5.11. The van der Waals surface area contributed by atoms with Gasteiger partial charge in [-0.25, -0.2) is 14.4 Å². The fourth-order valence-electron chi connectivity index (χ4n) is 1.46. The largest absolute Gasteiger partial charge is 0.493 e. The third-order valence-electron chi connectivity index (χ3n) is 2.15. The summed E-state index contributed by atoms with van der Waals surface area (Å²) in [6.07, 6.45) is 1.33. The molecule has 1 aromatic heterocycles. The van der Waals surface area contributed by atoms with E-state index < -0.39 is 0 Å². The van der Waals surface area contributed by atoms with Crippen molar-refractivity contribution in [2.24, 2.45) is 0 Å². The zero-order valence-corrected chi connectivity index (χ0v) is 9.91. The minimum Gasteiger partial charge on any atom is -0.493 e. The molecule has 0 amide bonds. The van der Waals surface area contributed by atoms with E-state index >= 15 is 0 Å². The lowest BCUT2D eigenvalue weighted by Crippen LogP contribution is -1.96. The van der Waals surface area contributed by atoms with Crippen LogP contribution in [0.5, 0.6) is 5.75 Å². The number of hydrogen-bond acceptors (Lipinski definition) is 3. The van der Waals surface area contributed by atoms with Gasteiger partial charge in [0, 0.05) is 11.6 Å². The van der Waals surface area contributed by atoms with Crippen LogP contribution in [0.4, 0.5) is 4.39 Å². The zero-order valence-electron chi connectivity index (χ0n) is 9.15. The Kier molecular flexibility index (Phi) is 3.54. The van der Waals surface area contributed by atoms with Gasteiger partial charge in [-0.1, -0.05) is 11.6 Å². The molecular formula is C12H10ClFN2O. The van der Waals surface area contributed by atoms with Crippen molar-refractivity contribution >= 4 is 11.6 Å². The summed E-state index contributed by atoms with van der Waals surface area (Å²) in [6, 6.07) is 5.85. The molecule has 0 fully saturated rings. The summed E-state index contributed by atoms with van der Waals surface area (Å²) in [4.78, 5) is 7.83. The van der Waals surface area contributed by atoms with Gasteiger partial charge in [-0.3, -0.25) is 0 Å². The average Bonchev–Trinajstić information content (AvgIpc) is 2.32. The molecule has 0 saturated carbocycles. The Labute approximate surface area is 103 Å². The van der Waals surface area contributed by atoms with Crippen molar-refractivity contribution in [2.75, 3.05) is 6.61 Å². The molecule has 0 atom stereocenters. The summed E-state index contributed by atoms with van der Waals surface area (Å²) in [5, 5.41) is 0.307. The molecule has 5 heteroatoms. The molecule has 0 N–H and O–H groups in total. The summed E-state index contributed by atoms with van der Waals surface area (Å²) < 4.78 is 18.7. The minimum absolute atomic E-state index is 0.307. The van der Waals surface area contributed by atoms with Crippen LogP contribution in [0.15, 0.2) is 30.6 Å². The van der Waals surface area contributed by atoms with Crippen molar-refractivity contribution in [3.05, 3.63) is 41.6 Å². The summed E-state index contributed by atoms with van der Waals surface area (Å²) in [7, 11) is 0. The maximum Gasteiger partial charge on any atom is 0.133 e. The van der Waals surface area contributed by atoms with E-state index in [2.05, 4.69) is 9.97 Å². The second-order valence-electron chi connectivity index (χ2n) is 3.30. The monoisotopic (exact) mass is 252 g/mol. The van der Waals surface area contributed by atoms with Crippen molar-refractivity contribution in [1.29, 1.82) is 0 Å². The van der Waals surface area contributed by atoms with Gasteiger partial charge in [0.25, 0.3) is 0 Å². The zero-order chi connectivity index (χ0) is 12.3. The number of halogens is 2. The van der Waals surface area contributed by atoms with Crippen LogP contribution < -0.4 is 4.74 Å². The van der Waals surface area contributed by atoms with E-state index in [9.17, 15) is 4.39 Å².